The van der Waals surface area contributed by atoms with Crippen LogP contribution in [0.3, 0.4) is 0 Å². The molecule has 1 heterocycles. The summed E-state index contributed by atoms with van der Waals surface area (Å²) in [5, 5.41) is 0. The molecule has 0 radical (unpaired) electrons. The molecule has 1 aromatic carbocycles. The highest BCUT2D eigenvalue weighted by atomic mass is 16.2. The lowest BCUT2D eigenvalue weighted by Crippen LogP contribution is -2.24. The van der Waals surface area contributed by atoms with Crippen LogP contribution in [0, 0.1) is 6.92 Å². The second-order valence-electron chi connectivity index (χ2n) is 3.84. The lowest BCUT2D eigenvalue weighted by atomic mass is 10.0. The molecule has 0 unspecified atom stereocenters. The molecule has 0 N–H and O–H groups in total. The van der Waals surface area contributed by atoms with E-state index < -0.39 is 0 Å². The molecule has 0 saturated carbocycles. The summed E-state index contributed by atoms with van der Waals surface area (Å²) in [6.07, 6.45) is 1.03. The third-order valence-corrected chi connectivity index (χ3v) is 2.71. The van der Waals surface area contributed by atoms with Gasteiger partial charge in [-0.2, -0.15) is 0 Å². The molecule has 1 amide bonds. The smallest absolute Gasteiger partial charge is 0.254 e. The zero-order chi connectivity index (χ0) is 10.1. The summed E-state index contributed by atoms with van der Waals surface area (Å²) in [5.41, 5.74) is 3.22. The summed E-state index contributed by atoms with van der Waals surface area (Å²) in [6, 6.07) is 6.08. The topological polar surface area (TPSA) is 20.3 Å². The quantitative estimate of drug-likeness (QED) is 0.699. The van der Waals surface area contributed by atoms with Crippen molar-refractivity contribution < 1.29 is 4.79 Å². The Bertz CT molecular complexity index is 371. The van der Waals surface area contributed by atoms with Gasteiger partial charge in [0.1, 0.15) is 0 Å². The lowest BCUT2D eigenvalue weighted by Gasteiger charge is -2.13. The Morgan fingerprint density at radius 3 is 2.86 bits per heavy atom. The minimum Gasteiger partial charge on any atom is -0.334 e. The van der Waals surface area contributed by atoms with Gasteiger partial charge in [0.2, 0.25) is 0 Å². The first-order chi connectivity index (χ1) is 6.74. The first-order valence-corrected chi connectivity index (χ1v) is 5.11. The minimum atomic E-state index is 0.208. The van der Waals surface area contributed by atoms with Crippen molar-refractivity contribution in [1.82, 2.24) is 4.90 Å². The maximum absolute atomic E-state index is 11.9. The number of nitrogens with zero attached hydrogens (tertiary/aromatic N) is 1. The molecule has 1 aliphatic rings. The van der Waals surface area contributed by atoms with Crippen LogP contribution >= 0.6 is 0 Å². The van der Waals surface area contributed by atoms with E-state index in [9.17, 15) is 4.79 Å². The van der Waals surface area contributed by atoms with Gasteiger partial charge in [0.25, 0.3) is 5.91 Å². The standard InChI is InChI=1S/C12H15NO/c1-3-7-13-8-10-6-4-5-9(2)11(10)12(13)14/h4-6H,3,7-8H2,1-2H3. The number of fused-ring (bicyclic) bond motifs is 1. The Hall–Kier alpha value is -1.31. The predicted octanol–water partition coefficient (Wildman–Crippen LogP) is 2.36. The van der Waals surface area contributed by atoms with Crippen molar-refractivity contribution in [3.05, 3.63) is 34.9 Å². The van der Waals surface area contributed by atoms with Crippen LogP contribution in [-0.4, -0.2) is 17.4 Å². The number of carbonyl (C=O) groups is 1. The van der Waals surface area contributed by atoms with Crippen molar-refractivity contribution in [3.63, 3.8) is 0 Å². The molecule has 0 saturated heterocycles. The number of rotatable bonds is 2. The van der Waals surface area contributed by atoms with Gasteiger partial charge in [0.05, 0.1) is 0 Å². The van der Waals surface area contributed by atoms with E-state index in [1.807, 2.05) is 24.0 Å². The van der Waals surface area contributed by atoms with E-state index >= 15 is 0 Å². The van der Waals surface area contributed by atoms with E-state index in [4.69, 9.17) is 0 Å². The largest absolute Gasteiger partial charge is 0.334 e. The summed E-state index contributed by atoms with van der Waals surface area (Å²) in [4.78, 5) is 13.9. The van der Waals surface area contributed by atoms with E-state index in [1.165, 1.54) is 5.56 Å². The van der Waals surface area contributed by atoms with E-state index in [0.29, 0.717) is 0 Å². The van der Waals surface area contributed by atoms with Crippen molar-refractivity contribution in [2.45, 2.75) is 26.8 Å². The third kappa shape index (κ3) is 1.31. The molecule has 0 bridgehead atoms. The van der Waals surface area contributed by atoms with E-state index in [1.54, 1.807) is 0 Å². The first kappa shape index (κ1) is 9.25. The van der Waals surface area contributed by atoms with E-state index in [0.717, 1.165) is 30.6 Å². The molecule has 0 fully saturated rings. The summed E-state index contributed by atoms with van der Waals surface area (Å²) < 4.78 is 0. The average Bonchev–Trinajstić information content (AvgIpc) is 2.46. The van der Waals surface area contributed by atoms with Crippen LogP contribution in [0.15, 0.2) is 18.2 Å². The number of hydrogen-bond acceptors (Lipinski definition) is 1. The molecule has 2 heteroatoms. The van der Waals surface area contributed by atoms with Crippen LogP contribution in [0.5, 0.6) is 0 Å². The third-order valence-electron chi connectivity index (χ3n) is 2.71. The van der Waals surface area contributed by atoms with E-state index in [2.05, 4.69) is 13.0 Å². The SMILES string of the molecule is CCCN1Cc2cccc(C)c2C1=O. The van der Waals surface area contributed by atoms with Gasteiger partial charge in [-0.05, 0) is 24.5 Å². The van der Waals surface area contributed by atoms with Gasteiger partial charge in [0, 0.05) is 18.7 Å². The zero-order valence-electron chi connectivity index (χ0n) is 8.71. The van der Waals surface area contributed by atoms with Crippen LogP contribution in [0.1, 0.15) is 34.8 Å². The molecule has 1 aliphatic heterocycles. The molecule has 0 aliphatic carbocycles. The fourth-order valence-electron chi connectivity index (χ4n) is 2.05. The molecule has 0 atom stereocenters. The summed E-state index contributed by atoms with van der Waals surface area (Å²) in [5.74, 6) is 0.208. The molecular formula is C12H15NO. The molecule has 1 aromatic rings. The molecular weight excluding hydrogens is 174 g/mol. The highest BCUT2D eigenvalue weighted by molar-refractivity contribution is 5.99. The van der Waals surface area contributed by atoms with Gasteiger partial charge in [-0.15, -0.1) is 0 Å². The highest BCUT2D eigenvalue weighted by Crippen LogP contribution is 2.25. The van der Waals surface area contributed by atoms with Gasteiger partial charge >= 0.3 is 0 Å². The summed E-state index contributed by atoms with van der Waals surface area (Å²) in [6.45, 7) is 5.77. The Labute approximate surface area is 84.5 Å². The predicted molar refractivity (Wildman–Crippen MR) is 56.2 cm³/mol. The molecule has 2 rings (SSSR count). The number of benzene rings is 1. The second kappa shape index (κ2) is 3.45. The van der Waals surface area contributed by atoms with Crippen molar-refractivity contribution in [2.75, 3.05) is 6.54 Å². The van der Waals surface area contributed by atoms with Gasteiger partial charge in [-0.1, -0.05) is 25.1 Å². The van der Waals surface area contributed by atoms with Gasteiger partial charge in [-0.3, -0.25) is 4.79 Å². The number of carbonyl (C=O) groups excluding carboxylic acids is 1. The Morgan fingerprint density at radius 1 is 1.43 bits per heavy atom. The Morgan fingerprint density at radius 2 is 2.21 bits per heavy atom. The van der Waals surface area contributed by atoms with Crippen LogP contribution < -0.4 is 0 Å². The van der Waals surface area contributed by atoms with E-state index in [-0.39, 0.29) is 5.91 Å². The van der Waals surface area contributed by atoms with Gasteiger partial charge in [0.15, 0.2) is 0 Å². The van der Waals surface area contributed by atoms with Crippen LogP contribution in [0.4, 0.5) is 0 Å². The lowest BCUT2D eigenvalue weighted by molar-refractivity contribution is 0.0778. The molecule has 74 valence electrons. The fraction of sp³-hybridized carbons (Fsp3) is 0.417. The maximum Gasteiger partial charge on any atom is 0.254 e. The first-order valence-electron chi connectivity index (χ1n) is 5.11. The molecule has 14 heavy (non-hydrogen) atoms. The molecule has 0 spiro atoms. The molecule has 0 aromatic heterocycles. The Kier molecular flexibility index (Phi) is 2.28. The summed E-state index contributed by atoms with van der Waals surface area (Å²) in [7, 11) is 0. The second-order valence-corrected chi connectivity index (χ2v) is 3.84. The average molecular weight is 189 g/mol. The normalized spacial score (nSPS) is 14.7. The highest BCUT2D eigenvalue weighted by Gasteiger charge is 2.27. The summed E-state index contributed by atoms with van der Waals surface area (Å²) >= 11 is 0. The van der Waals surface area contributed by atoms with Crippen LogP contribution in [-0.2, 0) is 6.54 Å². The monoisotopic (exact) mass is 189 g/mol. The number of aryl methyl sites for hydroxylation is 1. The van der Waals surface area contributed by atoms with Crippen molar-refractivity contribution in [3.8, 4) is 0 Å². The van der Waals surface area contributed by atoms with Crippen molar-refractivity contribution in [2.24, 2.45) is 0 Å². The maximum atomic E-state index is 11.9. The van der Waals surface area contributed by atoms with Crippen LogP contribution in [0.2, 0.25) is 0 Å². The fourth-order valence-corrected chi connectivity index (χ4v) is 2.05. The minimum absolute atomic E-state index is 0.208. The Balaban J connectivity index is 2.36. The molecule has 2 nitrogen and oxygen atoms in total. The number of amides is 1. The van der Waals surface area contributed by atoms with Gasteiger partial charge in [-0.25, -0.2) is 0 Å². The van der Waals surface area contributed by atoms with Crippen molar-refractivity contribution >= 4 is 5.91 Å². The zero-order valence-corrected chi connectivity index (χ0v) is 8.71. The van der Waals surface area contributed by atoms with Crippen molar-refractivity contribution in [1.29, 1.82) is 0 Å². The number of hydrogen-bond donors (Lipinski definition) is 0. The van der Waals surface area contributed by atoms with Gasteiger partial charge < -0.3 is 4.90 Å². The van der Waals surface area contributed by atoms with Crippen LogP contribution in [0.25, 0.3) is 0 Å².